The summed E-state index contributed by atoms with van der Waals surface area (Å²) < 4.78 is 2.65. The summed E-state index contributed by atoms with van der Waals surface area (Å²) in [5.74, 6) is 0. The van der Waals surface area contributed by atoms with Crippen LogP contribution in [0.25, 0.3) is 0 Å². The summed E-state index contributed by atoms with van der Waals surface area (Å²) in [5, 5.41) is 0. The van der Waals surface area contributed by atoms with Crippen molar-refractivity contribution in [3.05, 3.63) is 0 Å². The van der Waals surface area contributed by atoms with Crippen LogP contribution in [0, 0.1) is 0 Å². The normalized spacial score (nSPS) is 23.5. The minimum atomic E-state index is -0.448. The van der Waals surface area contributed by atoms with Gasteiger partial charge < -0.3 is 0 Å². The van der Waals surface area contributed by atoms with E-state index in [1.54, 1.807) is 0 Å². The molecule has 1 aliphatic rings. The van der Waals surface area contributed by atoms with Crippen LogP contribution >= 0.6 is 20.0 Å². The van der Waals surface area contributed by atoms with Gasteiger partial charge in [0.15, 0.2) is 0 Å². The van der Waals surface area contributed by atoms with Crippen molar-refractivity contribution in [2.24, 2.45) is 0 Å². The summed E-state index contributed by atoms with van der Waals surface area (Å²) in [5.41, 5.74) is 0. The molecule has 0 unspecified atom stereocenters. The van der Waals surface area contributed by atoms with Crippen molar-refractivity contribution in [2.45, 2.75) is 12.8 Å². The van der Waals surface area contributed by atoms with Crippen LogP contribution in [0.3, 0.4) is 0 Å². The Hall–Kier alpha value is 0.660. The molecule has 0 aromatic rings. The summed E-state index contributed by atoms with van der Waals surface area (Å²) in [4.78, 5) is 0. The standard InChI is InChI=1S/C7H17NS2/c1-9-10(2,3)8-6-4-5-7-8/h4-7H2,1-3H3. The maximum Gasteiger partial charge on any atom is 0.00821 e. The fourth-order valence-corrected chi connectivity index (χ4v) is 3.66. The zero-order valence-electron chi connectivity index (χ0n) is 7.09. The Morgan fingerprint density at radius 3 is 2.10 bits per heavy atom. The lowest BCUT2D eigenvalue weighted by atomic mass is 10.4. The lowest BCUT2D eigenvalue weighted by Gasteiger charge is -2.38. The maximum absolute atomic E-state index is 2.65. The fraction of sp³-hybridized carbons (Fsp3) is 1.00. The average molecular weight is 179 g/mol. The lowest BCUT2D eigenvalue weighted by Crippen LogP contribution is -2.20. The molecule has 1 saturated heterocycles. The van der Waals surface area contributed by atoms with Gasteiger partial charge in [-0.2, -0.15) is 0 Å². The third-order valence-electron chi connectivity index (χ3n) is 2.09. The molecule has 0 atom stereocenters. The smallest absolute Gasteiger partial charge is 0.00821 e. The number of rotatable bonds is 2. The SMILES string of the molecule is CSS(C)(C)N1CCCC1. The van der Waals surface area contributed by atoms with Crippen LogP contribution in [0.5, 0.6) is 0 Å². The van der Waals surface area contributed by atoms with Crippen LogP contribution in [0.2, 0.25) is 0 Å². The summed E-state index contributed by atoms with van der Waals surface area (Å²) in [6, 6.07) is 0. The highest BCUT2D eigenvalue weighted by Crippen LogP contribution is 2.56. The highest BCUT2D eigenvalue weighted by Gasteiger charge is 2.23. The number of nitrogens with zero attached hydrogens (tertiary/aromatic N) is 1. The number of hydrogen-bond acceptors (Lipinski definition) is 2. The van der Waals surface area contributed by atoms with Crippen molar-refractivity contribution in [3.63, 3.8) is 0 Å². The van der Waals surface area contributed by atoms with Gasteiger partial charge in [-0.05, 0) is 31.6 Å². The topological polar surface area (TPSA) is 3.24 Å². The first kappa shape index (κ1) is 8.75. The lowest BCUT2D eigenvalue weighted by molar-refractivity contribution is 0.580. The Kier molecular flexibility index (Phi) is 2.95. The van der Waals surface area contributed by atoms with E-state index in [1.165, 1.54) is 25.9 Å². The van der Waals surface area contributed by atoms with Crippen LogP contribution in [0.4, 0.5) is 0 Å². The second kappa shape index (κ2) is 3.37. The molecule has 0 radical (unpaired) electrons. The van der Waals surface area contributed by atoms with Gasteiger partial charge in [-0.3, -0.25) is 4.31 Å². The summed E-state index contributed by atoms with van der Waals surface area (Å²) in [7, 11) is 1.59. The summed E-state index contributed by atoms with van der Waals surface area (Å²) in [6.45, 7) is 2.67. The van der Waals surface area contributed by atoms with Gasteiger partial charge in [0.25, 0.3) is 0 Å². The van der Waals surface area contributed by atoms with Crippen LogP contribution in [-0.2, 0) is 0 Å². The molecule has 1 nitrogen and oxygen atoms in total. The van der Waals surface area contributed by atoms with Gasteiger partial charge in [-0.25, -0.2) is 0 Å². The van der Waals surface area contributed by atoms with E-state index in [4.69, 9.17) is 0 Å². The molecule has 0 aliphatic carbocycles. The zero-order valence-corrected chi connectivity index (χ0v) is 8.73. The molecule has 0 spiro atoms. The van der Waals surface area contributed by atoms with Crippen molar-refractivity contribution in [1.82, 2.24) is 4.31 Å². The first-order valence-electron chi connectivity index (χ1n) is 3.71. The van der Waals surface area contributed by atoms with Crippen molar-refractivity contribution in [2.75, 3.05) is 31.9 Å². The molecular weight excluding hydrogens is 162 g/mol. The Balaban J connectivity index is 2.45. The highest BCUT2D eigenvalue weighted by atomic mass is 33.2. The molecule has 62 valence electrons. The van der Waals surface area contributed by atoms with Crippen LogP contribution in [-0.4, -0.2) is 36.2 Å². The molecule has 0 bridgehead atoms. The first-order chi connectivity index (χ1) is 4.67. The fourth-order valence-electron chi connectivity index (χ4n) is 1.23. The van der Waals surface area contributed by atoms with Crippen molar-refractivity contribution in [3.8, 4) is 0 Å². The predicted molar refractivity (Wildman–Crippen MR) is 53.8 cm³/mol. The molecule has 3 heteroatoms. The third-order valence-corrected chi connectivity index (χ3v) is 7.60. The Labute approximate surface area is 69.4 Å². The Morgan fingerprint density at radius 1 is 1.20 bits per heavy atom. The Bertz CT molecular complexity index is 108. The van der Waals surface area contributed by atoms with Crippen molar-refractivity contribution in [1.29, 1.82) is 0 Å². The largest absolute Gasteiger partial charge is 0.260 e. The van der Waals surface area contributed by atoms with Gasteiger partial charge >= 0.3 is 0 Å². The average Bonchev–Trinajstić information content (AvgIpc) is 2.38. The van der Waals surface area contributed by atoms with E-state index in [2.05, 4.69) is 23.1 Å². The molecule has 0 saturated carbocycles. The summed E-state index contributed by atoms with van der Waals surface area (Å²) >= 11 is 0. The third kappa shape index (κ3) is 1.83. The highest BCUT2D eigenvalue weighted by molar-refractivity contribution is 8.92. The Morgan fingerprint density at radius 2 is 1.70 bits per heavy atom. The van der Waals surface area contributed by atoms with Gasteiger partial charge in [0.2, 0.25) is 0 Å². The summed E-state index contributed by atoms with van der Waals surface area (Å²) in [6.07, 6.45) is 9.84. The predicted octanol–water partition coefficient (Wildman–Crippen LogP) is 2.34. The molecule has 0 N–H and O–H groups in total. The maximum atomic E-state index is 2.65. The quantitative estimate of drug-likeness (QED) is 0.599. The van der Waals surface area contributed by atoms with Gasteiger partial charge in [0.05, 0.1) is 0 Å². The molecule has 0 aromatic carbocycles. The van der Waals surface area contributed by atoms with E-state index in [0.717, 1.165) is 0 Å². The minimum Gasteiger partial charge on any atom is -0.260 e. The van der Waals surface area contributed by atoms with Crippen LogP contribution in [0.1, 0.15) is 12.8 Å². The molecule has 1 rings (SSSR count). The van der Waals surface area contributed by atoms with Gasteiger partial charge in [-0.15, -0.1) is 20.0 Å². The minimum absolute atomic E-state index is 0.448. The van der Waals surface area contributed by atoms with Gasteiger partial charge in [0, 0.05) is 13.1 Å². The van der Waals surface area contributed by atoms with E-state index >= 15 is 0 Å². The zero-order chi connectivity index (χ0) is 7.61. The molecule has 0 amide bonds. The van der Waals surface area contributed by atoms with E-state index < -0.39 is 9.25 Å². The monoisotopic (exact) mass is 179 g/mol. The molecule has 10 heavy (non-hydrogen) atoms. The van der Waals surface area contributed by atoms with Crippen LogP contribution in [0.15, 0.2) is 0 Å². The van der Waals surface area contributed by atoms with Crippen LogP contribution < -0.4 is 0 Å². The molecule has 0 aromatic heterocycles. The van der Waals surface area contributed by atoms with E-state index in [-0.39, 0.29) is 0 Å². The van der Waals surface area contributed by atoms with Gasteiger partial charge in [-0.1, -0.05) is 0 Å². The number of hydrogen-bond donors (Lipinski definition) is 0. The molecule has 1 heterocycles. The van der Waals surface area contributed by atoms with E-state index in [0.29, 0.717) is 0 Å². The molecule has 1 fully saturated rings. The second-order valence-electron chi connectivity index (χ2n) is 2.98. The van der Waals surface area contributed by atoms with E-state index in [1.807, 2.05) is 10.8 Å². The van der Waals surface area contributed by atoms with E-state index in [9.17, 15) is 0 Å². The molecule has 1 aliphatic heterocycles. The van der Waals surface area contributed by atoms with Gasteiger partial charge in [0.1, 0.15) is 0 Å². The first-order valence-corrected chi connectivity index (χ1v) is 7.85. The second-order valence-corrected chi connectivity index (χ2v) is 9.64. The van der Waals surface area contributed by atoms with Crippen molar-refractivity contribution >= 4 is 20.0 Å². The molecular formula is C7H17NS2. The van der Waals surface area contributed by atoms with Crippen molar-refractivity contribution < 1.29 is 0 Å².